The molecule has 0 saturated carbocycles. The van der Waals surface area contributed by atoms with Crippen molar-refractivity contribution in [1.82, 2.24) is 0 Å². The number of benzene rings is 2. The van der Waals surface area contributed by atoms with Crippen LogP contribution in [0.3, 0.4) is 0 Å². The number of hydrogen-bond donors (Lipinski definition) is 0. The predicted octanol–water partition coefficient (Wildman–Crippen LogP) is 5.12. The maximum atomic E-state index is 11.9. The summed E-state index contributed by atoms with van der Waals surface area (Å²) in [6.07, 6.45) is 0. The zero-order valence-electron chi connectivity index (χ0n) is 12.6. The molecule has 0 heterocycles. The van der Waals surface area contributed by atoms with E-state index in [0.717, 1.165) is 25.6 Å². The standard InChI is InChI=1S/C17H16Br2O3/c1-10-4-11(2)6-14(5-10)22-16(20)9-21-17-12(3)7-13(18)8-15(17)19/h4-8H,9H2,1-3H3. The minimum absolute atomic E-state index is 0.145. The van der Waals surface area contributed by atoms with Crippen LogP contribution < -0.4 is 9.47 Å². The van der Waals surface area contributed by atoms with Gasteiger partial charge >= 0.3 is 5.97 Å². The van der Waals surface area contributed by atoms with Gasteiger partial charge in [0.25, 0.3) is 0 Å². The topological polar surface area (TPSA) is 35.5 Å². The van der Waals surface area contributed by atoms with E-state index in [1.807, 2.05) is 51.1 Å². The number of rotatable bonds is 4. The van der Waals surface area contributed by atoms with Crippen molar-refractivity contribution in [2.75, 3.05) is 6.61 Å². The number of carbonyl (C=O) groups is 1. The van der Waals surface area contributed by atoms with Crippen LogP contribution in [0.25, 0.3) is 0 Å². The molecule has 0 atom stereocenters. The Hall–Kier alpha value is -1.33. The van der Waals surface area contributed by atoms with Crippen LogP contribution in [-0.4, -0.2) is 12.6 Å². The van der Waals surface area contributed by atoms with Crippen molar-refractivity contribution < 1.29 is 14.3 Å². The van der Waals surface area contributed by atoms with Crippen molar-refractivity contribution in [3.63, 3.8) is 0 Å². The first-order valence-electron chi connectivity index (χ1n) is 6.72. The monoisotopic (exact) mass is 426 g/mol. The van der Waals surface area contributed by atoms with Gasteiger partial charge in [0.05, 0.1) is 4.47 Å². The third-order valence-corrected chi connectivity index (χ3v) is 4.00. The Morgan fingerprint density at radius 3 is 2.23 bits per heavy atom. The highest BCUT2D eigenvalue weighted by Crippen LogP contribution is 2.32. The van der Waals surface area contributed by atoms with Gasteiger partial charge in [0.15, 0.2) is 6.61 Å². The maximum Gasteiger partial charge on any atom is 0.349 e. The molecule has 2 aromatic rings. The van der Waals surface area contributed by atoms with Crippen LogP contribution in [0.15, 0.2) is 39.3 Å². The summed E-state index contributed by atoms with van der Waals surface area (Å²) in [6, 6.07) is 9.47. The average molecular weight is 428 g/mol. The van der Waals surface area contributed by atoms with Gasteiger partial charge in [-0.3, -0.25) is 0 Å². The normalized spacial score (nSPS) is 10.4. The zero-order chi connectivity index (χ0) is 16.3. The Morgan fingerprint density at radius 1 is 1.00 bits per heavy atom. The molecule has 2 rings (SSSR count). The number of aryl methyl sites for hydroxylation is 3. The molecule has 0 amide bonds. The number of ether oxygens (including phenoxy) is 2. The molecule has 0 radical (unpaired) electrons. The lowest BCUT2D eigenvalue weighted by atomic mass is 10.1. The lowest BCUT2D eigenvalue weighted by Crippen LogP contribution is -2.18. The summed E-state index contributed by atoms with van der Waals surface area (Å²) in [5.41, 5.74) is 3.03. The SMILES string of the molecule is Cc1cc(C)cc(OC(=O)COc2c(C)cc(Br)cc2Br)c1. The minimum Gasteiger partial charge on any atom is -0.480 e. The lowest BCUT2D eigenvalue weighted by molar-refractivity contribution is -0.136. The fourth-order valence-electron chi connectivity index (χ4n) is 2.16. The lowest BCUT2D eigenvalue weighted by Gasteiger charge is -2.12. The molecule has 0 aliphatic heterocycles. The summed E-state index contributed by atoms with van der Waals surface area (Å²) < 4.78 is 12.6. The Labute approximate surface area is 146 Å². The van der Waals surface area contributed by atoms with E-state index >= 15 is 0 Å². The summed E-state index contributed by atoms with van der Waals surface area (Å²) in [6.45, 7) is 5.69. The van der Waals surface area contributed by atoms with Crippen molar-refractivity contribution >= 4 is 37.8 Å². The third kappa shape index (κ3) is 4.58. The van der Waals surface area contributed by atoms with E-state index < -0.39 is 5.97 Å². The first-order valence-corrected chi connectivity index (χ1v) is 8.31. The van der Waals surface area contributed by atoms with Crippen LogP contribution in [0.2, 0.25) is 0 Å². The molecule has 0 aliphatic rings. The van der Waals surface area contributed by atoms with Crippen LogP contribution in [0.1, 0.15) is 16.7 Å². The van der Waals surface area contributed by atoms with E-state index in [2.05, 4.69) is 31.9 Å². The molecule has 0 saturated heterocycles. The Kier molecular flexibility index (Phi) is 5.64. The molecule has 0 unspecified atom stereocenters. The molecule has 0 N–H and O–H groups in total. The van der Waals surface area contributed by atoms with Gasteiger partial charge in [-0.25, -0.2) is 4.79 Å². The molecule has 0 aromatic heterocycles. The van der Waals surface area contributed by atoms with Gasteiger partial charge in [0.2, 0.25) is 0 Å². The fourth-order valence-corrected chi connectivity index (χ4v) is 3.71. The molecule has 0 fully saturated rings. The highest BCUT2D eigenvalue weighted by molar-refractivity contribution is 9.11. The summed E-state index contributed by atoms with van der Waals surface area (Å²) in [4.78, 5) is 11.9. The number of halogens is 2. The second-order valence-corrected chi connectivity index (χ2v) is 6.89. The van der Waals surface area contributed by atoms with Crippen molar-refractivity contribution in [1.29, 1.82) is 0 Å². The highest BCUT2D eigenvalue weighted by atomic mass is 79.9. The van der Waals surface area contributed by atoms with Gasteiger partial charge in [0.1, 0.15) is 11.5 Å². The van der Waals surface area contributed by atoms with Gasteiger partial charge in [-0.2, -0.15) is 0 Å². The molecule has 2 aromatic carbocycles. The van der Waals surface area contributed by atoms with Crippen LogP contribution in [0.4, 0.5) is 0 Å². The quantitative estimate of drug-likeness (QED) is 0.501. The Morgan fingerprint density at radius 2 is 1.64 bits per heavy atom. The number of esters is 1. The summed E-state index contributed by atoms with van der Waals surface area (Å²) >= 11 is 6.83. The summed E-state index contributed by atoms with van der Waals surface area (Å²) in [5.74, 6) is 0.748. The smallest absolute Gasteiger partial charge is 0.349 e. The maximum absolute atomic E-state index is 11.9. The second kappa shape index (κ2) is 7.29. The summed E-state index contributed by atoms with van der Waals surface area (Å²) in [5, 5.41) is 0. The molecule has 3 nitrogen and oxygen atoms in total. The summed E-state index contributed by atoms with van der Waals surface area (Å²) in [7, 11) is 0. The minimum atomic E-state index is -0.431. The van der Waals surface area contributed by atoms with Crippen LogP contribution in [0.5, 0.6) is 11.5 Å². The van der Waals surface area contributed by atoms with E-state index in [1.165, 1.54) is 0 Å². The van der Waals surface area contributed by atoms with Crippen molar-refractivity contribution in [3.8, 4) is 11.5 Å². The van der Waals surface area contributed by atoms with Crippen LogP contribution in [-0.2, 0) is 4.79 Å². The molecule has 22 heavy (non-hydrogen) atoms. The van der Waals surface area contributed by atoms with E-state index in [-0.39, 0.29) is 6.61 Å². The van der Waals surface area contributed by atoms with Gasteiger partial charge < -0.3 is 9.47 Å². The number of carbonyl (C=O) groups excluding carboxylic acids is 1. The molecule has 5 heteroatoms. The first-order chi connectivity index (χ1) is 10.3. The number of hydrogen-bond acceptors (Lipinski definition) is 3. The van der Waals surface area contributed by atoms with E-state index in [4.69, 9.17) is 9.47 Å². The zero-order valence-corrected chi connectivity index (χ0v) is 15.7. The van der Waals surface area contributed by atoms with Crippen LogP contribution in [0, 0.1) is 20.8 Å². The molecule has 0 spiro atoms. The van der Waals surface area contributed by atoms with E-state index in [9.17, 15) is 4.79 Å². The van der Waals surface area contributed by atoms with Crippen molar-refractivity contribution in [2.45, 2.75) is 20.8 Å². The average Bonchev–Trinajstić information content (AvgIpc) is 2.35. The van der Waals surface area contributed by atoms with Crippen molar-refractivity contribution in [3.05, 3.63) is 56.0 Å². The molecular weight excluding hydrogens is 412 g/mol. The van der Waals surface area contributed by atoms with E-state index in [1.54, 1.807) is 0 Å². The molecular formula is C17H16Br2O3. The Bertz CT molecular complexity index is 668. The van der Waals surface area contributed by atoms with Gasteiger partial charge in [0, 0.05) is 4.47 Å². The van der Waals surface area contributed by atoms with Gasteiger partial charge in [-0.05, 0) is 77.7 Å². The largest absolute Gasteiger partial charge is 0.480 e. The van der Waals surface area contributed by atoms with Crippen molar-refractivity contribution in [2.24, 2.45) is 0 Å². The van der Waals surface area contributed by atoms with Crippen LogP contribution >= 0.6 is 31.9 Å². The van der Waals surface area contributed by atoms with Gasteiger partial charge in [-0.1, -0.05) is 22.0 Å². The molecule has 0 bridgehead atoms. The predicted molar refractivity (Wildman–Crippen MR) is 93.6 cm³/mol. The first kappa shape index (κ1) is 17.0. The Balaban J connectivity index is 2.01. The molecule has 116 valence electrons. The third-order valence-electron chi connectivity index (χ3n) is 2.96. The fraction of sp³-hybridized carbons (Fsp3) is 0.235. The van der Waals surface area contributed by atoms with Gasteiger partial charge in [-0.15, -0.1) is 0 Å². The molecule has 0 aliphatic carbocycles. The second-order valence-electron chi connectivity index (χ2n) is 5.12. The van der Waals surface area contributed by atoms with E-state index in [0.29, 0.717) is 11.5 Å². The highest BCUT2D eigenvalue weighted by Gasteiger charge is 2.11.